The molecule has 7 heteroatoms. The molecule has 2 aromatic rings. The zero-order valence-corrected chi connectivity index (χ0v) is 19.2. The normalized spacial score (nSPS) is 17.0. The number of aryl methyl sites for hydroxylation is 1. The SMILES string of the molecule is CC(C)Cc1ccc(-c2cnc(CCC(=O)N3CCN(CC(=O)NC4CC4)CC3)o2)cc1. The molecule has 0 bridgehead atoms. The molecule has 0 radical (unpaired) electrons. The van der Waals surface area contributed by atoms with E-state index >= 15 is 0 Å². The van der Waals surface area contributed by atoms with Crippen LogP contribution < -0.4 is 5.32 Å². The third-order valence-electron chi connectivity index (χ3n) is 6.02. The van der Waals surface area contributed by atoms with Crippen molar-refractivity contribution in [2.45, 2.75) is 52.0 Å². The lowest BCUT2D eigenvalue weighted by atomic mass is 10.0. The molecule has 0 spiro atoms. The van der Waals surface area contributed by atoms with Crippen LogP contribution in [-0.4, -0.2) is 65.4 Å². The van der Waals surface area contributed by atoms with Crippen molar-refractivity contribution >= 4 is 11.8 Å². The largest absolute Gasteiger partial charge is 0.441 e. The molecule has 1 saturated heterocycles. The van der Waals surface area contributed by atoms with Crippen LogP contribution in [0.25, 0.3) is 11.3 Å². The molecule has 4 rings (SSSR count). The first-order valence-electron chi connectivity index (χ1n) is 11.8. The maximum Gasteiger partial charge on any atom is 0.234 e. The van der Waals surface area contributed by atoms with E-state index in [1.807, 2.05) is 4.90 Å². The van der Waals surface area contributed by atoms with Crippen molar-refractivity contribution in [3.8, 4) is 11.3 Å². The Morgan fingerprint density at radius 3 is 2.50 bits per heavy atom. The van der Waals surface area contributed by atoms with Crippen LogP contribution >= 0.6 is 0 Å². The number of benzene rings is 1. The molecule has 7 nitrogen and oxygen atoms in total. The van der Waals surface area contributed by atoms with E-state index in [9.17, 15) is 9.59 Å². The Morgan fingerprint density at radius 2 is 1.84 bits per heavy atom. The second-order valence-corrected chi connectivity index (χ2v) is 9.41. The van der Waals surface area contributed by atoms with Crippen molar-refractivity contribution < 1.29 is 14.0 Å². The van der Waals surface area contributed by atoms with Gasteiger partial charge in [-0.05, 0) is 30.7 Å². The summed E-state index contributed by atoms with van der Waals surface area (Å²) in [7, 11) is 0. The molecular formula is C25H34N4O3. The van der Waals surface area contributed by atoms with Crippen LogP contribution in [0.4, 0.5) is 0 Å². The number of amides is 2. The van der Waals surface area contributed by atoms with Gasteiger partial charge < -0.3 is 14.6 Å². The minimum Gasteiger partial charge on any atom is -0.441 e. The maximum atomic E-state index is 12.6. The summed E-state index contributed by atoms with van der Waals surface area (Å²) in [5.41, 5.74) is 2.32. The van der Waals surface area contributed by atoms with Gasteiger partial charge in [-0.3, -0.25) is 14.5 Å². The number of hydrogen-bond acceptors (Lipinski definition) is 5. The van der Waals surface area contributed by atoms with Crippen molar-refractivity contribution in [1.82, 2.24) is 20.1 Å². The number of hydrogen-bond donors (Lipinski definition) is 1. The predicted octanol–water partition coefficient (Wildman–Crippen LogP) is 2.90. The molecule has 2 amide bonds. The third kappa shape index (κ3) is 6.42. The third-order valence-corrected chi connectivity index (χ3v) is 6.02. The first-order valence-corrected chi connectivity index (χ1v) is 11.8. The Bertz CT molecular complexity index is 910. The van der Waals surface area contributed by atoms with Gasteiger partial charge in [-0.1, -0.05) is 38.1 Å². The number of piperazine rings is 1. The average Bonchev–Trinajstić information content (AvgIpc) is 3.45. The second-order valence-electron chi connectivity index (χ2n) is 9.41. The van der Waals surface area contributed by atoms with Crippen molar-refractivity contribution in [2.24, 2.45) is 5.92 Å². The molecule has 1 aromatic carbocycles. The topological polar surface area (TPSA) is 78.7 Å². The summed E-state index contributed by atoms with van der Waals surface area (Å²) >= 11 is 0. The summed E-state index contributed by atoms with van der Waals surface area (Å²) in [6.45, 7) is 7.65. The highest BCUT2D eigenvalue weighted by Gasteiger charge is 2.26. The first-order chi connectivity index (χ1) is 15.5. The van der Waals surface area contributed by atoms with E-state index in [0.717, 1.165) is 43.7 Å². The van der Waals surface area contributed by atoms with E-state index in [-0.39, 0.29) is 11.8 Å². The van der Waals surface area contributed by atoms with Gasteiger partial charge >= 0.3 is 0 Å². The number of nitrogens with zero attached hydrogens (tertiary/aromatic N) is 3. The predicted molar refractivity (Wildman–Crippen MR) is 123 cm³/mol. The quantitative estimate of drug-likeness (QED) is 0.651. The van der Waals surface area contributed by atoms with Crippen LogP contribution in [0.2, 0.25) is 0 Å². The van der Waals surface area contributed by atoms with Crippen LogP contribution in [0, 0.1) is 5.92 Å². The summed E-state index contributed by atoms with van der Waals surface area (Å²) in [6, 6.07) is 8.80. The molecule has 1 aliphatic heterocycles. The van der Waals surface area contributed by atoms with Crippen LogP contribution in [0.1, 0.15) is 44.6 Å². The molecule has 172 valence electrons. The molecule has 1 saturated carbocycles. The van der Waals surface area contributed by atoms with Gasteiger partial charge in [0.15, 0.2) is 11.7 Å². The van der Waals surface area contributed by atoms with Crippen molar-refractivity contribution in [3.63, 3.8) is 0 Å². The molecule has 0 atom stereocenters. The Balaban J connectivity index is 1.20. The van der Waals surface area contributed by atoms with Gasteiger partial charge in [-0.25, -0.2) is 4.98 Å². The number of nitrogens with one attached hydrogen (secondary N) is 1. The van der Waals surface area contributed by atoms with E-state index in [1.54, 1.807) is 6.20 Å². The van der Waals surface area contributed by atoms with Gasteiger partial charge in [-0.2, -0.15) is 0 Å². The van der Waals surface area contributed by atoms with E-state index in [1.165, 1.54) is 5.56 Å². The van der Waals surface area contributed by atoms with E-state index in [2.05, 4.69) is 53.3 Å². The molecule has 2 fully saturated rings. The van der Waals surface area contributed by atoms with Gasteiger partial charge in [0.05, 0.1) is 12.7 Å². The summed E-state index contributed by atoms with van der Waals surface area (Å²) in [5, 5.41) is 3.02. The van der Waals surface area contributed by atoms with Crippen LogP contribution in [0.3, 0.4) is 0 Å². The highest BCUT2D eigenvalue weighted by atomic mass is 16.4. The highest BCUT2D eigenvalue weighted by molar-refractivity contribution is 5.79. The maximum absolute atomic E-state index is 12.6. The average molecular weight is 439 g/mol. The molecule has 0 unspecified atom stereocenters. The number of oxazole rings is 1. The van der Waals surface area contributed by atoms with Crippen LogP contribution in [0.15, 0.2) is 34.9 Å². The van der Waals surface area contributed by atoms with Gasteiger partial charge in [-0.15, -0.1) is 0 Å². The minimum atomic E-state index is 0.0986. The zero-order valence-electron chi connectivity index (χ0n) is 19.2. The number of carbonyl (C=O) groups is 2. The molecule has 1 aromatic heterocycles. The Hall–Kier alpha value is -2.67. The summed E-state index contributed by atoms with van der Waals surface area (Å²) < 4.78 is 5.89. The smallest absolute Gasteiger partial charge is 0.234 e. The Labute approximate surface area is 190 Å². The summed E-state index contributed by atoms with van der Waals surface area (Å²) in [4.78, 5) is 32.9. The fourth-order valence-electron chi connectivity index (χ4n) is 4.07. The zero-order chi connectivity index (χ0) is 22.5. The number of rotatable bonds is 9. The summed E-state index contributed by atoms with van der Waals surface area (Å²) in [5.74, 6) is 2.17. The monoisotopic (exact) mass is 438 g/mol. The lowest BCUT2D eigenvalue weighted by Gasteiger charge is -2.34. The van der Waals surface area contributed by atoms with Crippen LogP contribution in [0.5, 0.6) is 0 Å². The lowest BCUT2D eigenvalue weighted by molar-refractivity contribution is -0.133. The highest BCUT2D eigenvalue weighted by Crippen LogP contribution is 2.22. The van der Waals surface area contributed by atoms with E-state index < -0.39 is 0 Å². The van der Waals surface area contributed by atoms with Gasteiger partial charge in [0.2, 0.25) is 11.8 Å². The standard InChI is InChI=1S/C25H34N4O3/c1-18(2)15-19-3-5-20(6-4-19)22-16-26-24(32-22)9-10-25(31)29-13-11-28(12-14-29)17-23(30)27-21-7-8-21/h3-6,16,18,21H,7-15,17H2,1-2H3,(H,27,30). The van der Waals surface area contributed by atoms with Gasteiger partial charge in [0.1, 0.15) is 0 Å². The molecule has 2 heterocycles. The summed E-state index contributed by atoms with van der Waals surface area (Å²) in [6.07, 6.45) is 5.88. The fraction of sp³-hybridized carbons (Fsp3) is 0.560. The number of aromatic nitrogens is 1. The van der Waals surface area contributed by atoms with Crippen molar-refractivity contribution in [1.29, 1.82) is 0 Å². The lowest BCUT2D eigenvalue weighted by Crippen LogP contribution is -2.51. The fourth-order valence-corrected chi connectivity index (χ4v) is 4.07. The van der Waals surface area contributed by atoms with Crippen molar-refractivity contribution in [3.05, 3.63) is 41.9 Å². The van der Waals surface area contributed by atoms with Crippen molar-refractivity contribution in [2.75, 3.05) is 32.7 Å². The molecule has 32 heavy (non-hydrogen) atoms. The molecule has 1 N–H and O–H groups in total. The minimum absolute atomic E-state index is 0.0986. The Morgan fingerprint density at radius 1 is 1.12 bits per heavy atom. The Kier molecular flexibility index (Phi) is 7.25. The van der Waals surface area contributed by atoms with E-state index in [0.29, 0.717) is 50.3 Å². The second kappa shape index (κ2) is 10.3. The first kappa shape index (κ1) is 22.5. The van der Waals surface area contributed by atoms with Crippen LogP contribution in [-0.2, 0) is 22.4 Å². The van der Waals surface area contributed by atoms with E-state index in [4.69, 9.17) is 4.42 Å². The molecule has 2 aliphatic rings. The molecule has 1 aliphatic carbocycles. The van der Waals surface area contributed by atoms with Gasteiger partial charge in [0.25, 0.3) is 0 Å². The number of carbonyl (C=O) groups excluding carboxylic acids is 2. The molecular weight excluding hydrogens is 404 g/mol. The van der Waals surface area contributed by atoms with Gasteiger partial charge in [0, 0.05) is 50.6 Å².